The van der Waals surface area contributed by atoms with Crippen LogP contribution in [-0.4, -0.2) is 32.4 Å². The highest BCUT2D eigenvalue weighted by Crippen LogP contribution is 2.38. The third kappa shape index (κ3) is 3.72. The largest absolute Gasteiger partial charge is 0.357 e. The third-order valence-corrected chi connectivity index (χ3v) is 6.16. The predicted molar refractivity (Wildman–Crippen MR) is 104 cm³/mol. The van der Waals surface area contributed by atoms with Crippen LogP contribution in [0.25, 0.3) is 0 Å². The molecule has 2 aliphatic heterocycles. The number of aromatic nitrogens is 2. The second kappa shape index (κ2) is 6.69. The van der Waals surface area contributed by atoms with Gasteiger partial charge in [0, 0.05) is 41.6 Å². The van der Waals surface area contributed by atoms with Crippen LogP contribution in [0.4, 0.5) is 5.13 Å². The Morgan fingerprint density at radius 3 is 2.40 bits per heavy atom. The first-order valence-electron chi connectivity index (χ1n) is 9.39. The smallest absolute Gasteiger partial charge is 0.202 e. The summed E-state index contributed by atoms with van der Waals surface area (Å²) in [5, 5.41) is 4.67. The highest BCUT2D eigenvalue weighted by molar-refractivity contribution is 7.09. The Hall–Kier alpha value is -1.46. The summed E-state index contributed by atoms with van der Waals surface area (Å²) in [7, 11) is 0. The number of fused-ring (bicyclic) bond motifs is 2. The van der Waals surface area contributed by atoms with Crippen molar-refractivity contribution in [2.45, 2.75) is 76.5 Å². The van der Waals surface area contributed by atoms with Crippen molar-refractivity contribution < 1.29 is 0 Å². The van der Waals surface area contributed by atoms with Crippen LogP contribution in [-0.2, 0) is 12.0 Å². The quantitative estimate of drug-likeness (QED) is 0.879. The molecule has 2 aromatic rings. The number of nitrogens with zero attached hydrogens (tertiary/aromatic N) is 3. The van der Waals surface area contributed by atoms with E-state index in [0.29, 0.717) is 18.1 Å². The summed E-state index contributed by atoms with van der Waals surface area (Å²) < 4.78 is 4.54. The van der Waals surface area contributed by atoms with Crippen molar-refractivity contribution in [3.05, 3.63) is 41.7 Å². The van der Waals surface area contributed by atoms with Crippen molar-refractivity contribution in [2.75, 3.05) is 5.32 Å². The Bertz CT molecular complexity index is 692. The van der Waals surface area contributed by atoms with E-state index in [1.807, 2.05) is 0 Å². The molecule has 1 aromatic carbocycles. The van der Waals surface area contributed by atoms with E-state index < -0.39 is 0 Å². The van der Waals surface area contributed by atoms with E-state index >= 15 is 0 Å². The van der Waals surface area contributed by atoms with Crippen LogP contribution in [0.5, 0.6) is 0 Å². The maximum atomic E-state index is 4.72. The first-order chi connectivity index (χ1) is 12.0. The molecule has 25 heavy (non-hydrogen) atoms. The van der Waals surface area contributed by atoms with Crippen molar-refractivity contribution in [1.29, 1.82) is 0 Å². The SMILES string of the molecule is CC(C)(C)c1nsc(NC2CC3CCC(C2)N3Cc2ccccc2)n1. The molecule has 0 saturated carbocycles. The zero-order valence-corrected chi connectivity index (χ0v) is 16.2. The van der Waals surface area contributed by atoms with Crippen LogP contribution in [0, 0.1) is 0 Å². The lowest BCUT2D eigenvalue weighted by molar-refractivity contribution is 0.124. The zero-order chi connectivity index (χ0) is 17.4. The van der Waals surface area contributed by atoms with E-state index in [2.05, 4.69) is 65.7 Å². The minimum absolute atomic E-state index is 0.0223. The lowest BCUT2D eigenvalue weighted by Gasteiger charge is -2.39. The molecule has 1 aromatic heterocycles. The van der Waals surface area contributed by atoms with Gasteiger partial charge in [0.1, 0.15) is 5.82 Å². The van der Waals surface area contributed by atoms with Gasteiger partial charge < -0.3 is 5.32 Å². The minimum atomic E-state index is 0.0223. The van der Waals surface area contributed by atoms with Gasteiger partial charge in [-0.25, -0.2) is 4.98 Å². The van der Waals surface area contributed by atoms with Crippen LogP contribution in [0.3, 0.4) is 0 Å². The average Bonchev–Trinajstić information content (AvgIpc) is 3.11. The monoisotopic (exact) mass is 356 g/mol. The third-order valence-electron chi connectivity index (χ3n) is 5.52. The van der Waals surface area contributed by atoms with Gasteiger partial charge in [-0.3, -0.25) is 4.90 Å². The maximum absolute atomic E-state index is 4.72. The van der Waals surface area contributed by atoms with Crippen molar-refractivity contribution in [3.8, 4) is 0 Å². The molecule has 2 unspecified atom stereocenters. The standard InChI is InChI=1S/C20H28N4S/c1-20(2,3)18-22-19(25-23-18)21-15-11-16-9-10-17(12-15)24(16)13-14-7-5-4-6-8-14/h4-8,15-17H,9-13H2,1-3H3,(H,21,22,23). The molecule has 2 aliphatic rings. The highest BCUT2D eigenvalue weighted by Gasteiger charge is 2.40. The normalized spacial score (nSPS) is 26.8. The van der Waals surface area contributed by atoms with Gasteiger partial charge in [0.05, 0.1) is 0 Å². The zero-order valence-electron chi connectivity index (χ0n) is 15.4. The van der Waals surface area contributed by atoms with Gasteiger partial charge in [0.25, 0.3) is 0 Å². The lowest BCUT2D eigenvalue weighted by atomic mass is 9.96. The summed E-state index contributed by atoms with van der Waals surface area (Å²) >= 11 is 1.51. The van der Waals surface area contributed by atoms with E-state index in [1.54, 1.807) is 0 Å². The second-order valence-corrected chi connectivity index (χ2v) is 9.28. The molecular weight excluding hydrogens is 328 g/mol. The maximum Gasteiger partial charge on any atom is 0.202 e. The van der Waals surface area contributed by atoms with E-state index in [1.165, 1.54) is 42.8 Å². The number of nitrogens with one attached hydrogen (secondary N) is 1. The summed E-state index contributed by atoms with van der Waals surface area (Å²) in [4.78, 5) is 7.45. The van der Waals surface area contributed by atoms with E-state index in [4.69, 9.17) is 4.98 Å². The molecule has 2 saturated heterocycles. The first kappa shape index (κ1) is 17.0. The molecule has 4 rings (SSSR count). The number of anilines is 1. The van der Waals surface area contributed by atoms with Gasteiger partial charge in [0.2, 0.25) is 5.13 Å². The van der Waals surface area contributed by atoms with Gasteiger partial charge in [-0.1, -0.05) is 51.1 Å². The number of rotatable bonds is 4. The second-order valence-electron chi connectivity index (χ2n) is 8.53. The van der Waals surface area contributed by atoms with Gasteiger partial charge in [0.15, 0.2) is 0 Å². The number of hydrogen-bond donors (Lipinski definition) is 1. The highest BCUT2D eigenvalue weighted by atomic mass is 32.1. The Balaban J connectivity index is 1.39. The molecular formula is C20H28N4S. The molecule has 2 fully saturated rings. The fraction of sp³-hybridized carbons (Fsp3) is 0.600. The van der Waals surface area contributed by atoms with Crippen LogP contribution >= 0.6 is 11.5 Å². The Kier molecular flexibility index (Phi) is 4.54. The van der Waals surface area contributed by atoms with E-state index in [9.17, 15) is 0 Å². The van der Waals surface area contributed by atoms with Gasteiger partial charge in [-0.05, 0) is 31.2 Å². The van der Waals surface area contributed by atoms with Crippen molar-refractivity contribution >= 4 is 16.7 Å². The molecule has 1 N–H and O–H groups in total. The molecule has 0 radical (unpaired) electrons. The van der Waals surface area contributed by atoms with Gasteiger partial charge in [-0.2, -0.15) is 4.37 Å². The molecule has 3 heterocycles. The Morgan fingerprint density at radius 2 is 1.80 bits per heavy atom. The summed E-state index contributed by atoms with van der Waals surface area (Å²) in [6.45, 7) is 7.60. The molecule has 134 valence electrons. The molecule has 0 aliphatic carbocycles. The van der Waals surface area contributed by atoms with Gasteiger partial charge >= 0.3 is 0 Å². The van der Waals surface area contributed by atoms with Crippen molar-refractivity contribution in [2.24, 2.45) is 0 Å². The summed E-state index contributed by atoms with van der Waals surface area (Å²) in [6, 6.07) is 12.8. The summed E-state index contributed by atoms with van der Waals surface area (Å²) in [5.41, 5.74) is 1.46. The lowest BCUT2D eigenvalue weighted by Crippen LogP contribution is -2.46. The summed E-state index contributed by atoms with van der Waals surface area (Å²) in [6.07, 6.45) is 5.10. The minimum Gasteiger partial charge on any atom is -0.357 e. The van der Waals surface area contributed by atoms with E-state index in [0.717, 1.165) is 17.5 Å². The summed E-state index contributed by atoms with van der Waals surface area (Å²) in [5.74, 6) is 0.949. The first-order valence-corrected chi connectivity index (χ1v) is 10.2. The Labute approximate surface area is 154 Å². The van der Waals surface area contributed by atoms with Crippen LogP contribution < -0.4 is 5.32 Å². The number of piperidine rings is 1. The Morgan fingerprint density at radius 1 is 1.12 bits per heavy atom. The number of benzene rings is 1. The molecule has 2 atom stereocenters. The molecule has 0 spiro atoms. The molecule has 0 amide bonds. The van der Waals surface area contributed by atoms with Crippen LogP contribution in [0.15, 0.2) is 30.3 Å². The van der Waals surface area contributed by atoms with Crippen LogP contribution in [0.2, 0.25) is 0 Å². The van der Waals surface area contributed by atoms with Crippen LogP contribution in [0.1, 0.15) is 57.8 Å². The fourth-order valence-electron chi connectivity index (χ4n) is 4.21. The van der Waals surface area contributed by atoms with E-state index in [-0.39, 0.29) is 5.41 Å². The number of hydrogen-bond acceptors (Lipinski definition) is 5. The predicted octanol–water partition coefficient (Wildman–Crippen LogP) is 4.44. The molecule has 4 nitrogen and oxygen atoms in total. The van der Waals surface area contributed by atoms with Gasteiger partial charge in [-0.15, -0.1) is 0 Å². The van der Waals surface area contributed by atoms with Crippen molar-refractivity contribution in [3.63, 3.8) is 0 Å². The average molecular weight is 357 g/mol. The van der Waals surface area contributed by atoms with Crippen molar-refractivity contribution in [1.82, 2.24) is 14.3 Å². The molecule has 5 heteroatoms. The molecule has 2 bridgehead atoms. The topological polar surface area (TPSA) is 41.1 Å². The fourth-order valence-corrected chi connectivity index (χ4v) is 5.04.